The Balaban J connectivity index is 0.000000336. The van der Waals surface area contributed by atoms with Gasteiger partial charge < -0.3 is 10.5 Å². The molecule has 0 spiro atoms. The van der Waals surface area contributed by atoms with Crippen LogP contribution < -0.4 is 10.5 Å². The number of carbonyl (C=O) groups is 1. The smallest absolute Gasteiger partial charge is 0.163 e. The fraction of sp³-hybridized carbons (Fsp3) is 0.194. The van der Waals surface area contributed by atoms with E-state index in [9.17, 15) is 4.79 Å². The van der Waals surface area contributed by atoms with Crippen molar-refractivity contribution in [1.82, 2.24) is 0 Å². The van der Waals surface area contributed by atoms with Crippen LogP contribution in [0.3, 0.4) is 0 Å². The molecule has 5 rings (SSSR count). The molecule has 0 radical (unpaired) electrons. The van der Waals surface area contributed by atoms with Gasteiger partial charge in [0.25, 0.3) is 0 Å². The Kier molecular flexibility index (Phi) is 7.12. The molecule has 3 heteroatoms. The van der Waals surface area contributed by atoms with E-state index in [1.807, 2.05) is 48.5 Å². The second-order valence-electron chi connectivity index (χ2n) is 8.84. The van der Waals surface area contributed by atoms with Crippen molar-refractivity contribution in [1.29, 1.82) is 0 Å². The van der Waals surface area contributed by atoms with Gasteiger partial charge in [-0.1, -0.05) is 66.2 Å². The summed E-state index contributed by atoms with van der Waals surface area (Å²) in [5.74, 6) is 1.06. The highest BCUT2D eigenvalue weighted by Crippen LogP contribution is 2.41. The first-order chi connectivity index (χ1) is 16.4. The SMILES string of the molecule is Cc1cc(OCc2ccccc2)cc(C)c1-c1c(N)ccc2c1CCC2=O.Cc1ccccc1. The number of ketones is 1. The molecule has 0 fully saturated rings. The lowest BCUT2D eigenvalue weighted by Gasteiger charge is -2.18. The van der Waals surface area contributed by atoms with Crippen molar-refractivity contribution in [2.75, 3.05) is 5.73 Å². The van der Waals surface area contributed by atoms with Gasteiger partial charge in [-0.25, -0.2) is 0 Å². The van der Waals surface area contributed by atoms with Crippen LogP contribution in [-0.2, 0) is 13.0 Å². The zero-order valence-electron chi connectivity index (χ0n) is 20.1. The van der Waals surface area contributed by atoms with Gasteiger partial charge in [-0.2, -0.15) is 0 Å². The Morgan fingerprint density at radius 1 is 0.765 bits per heavy atom. The van der Waals surface area contributed by atoms with Crippen molar-refractivity contribution in [2.45, 2.75) is 40.2 Å². The highest BCUT2D eigenvalue weighted by atomic mass is 16.5. The molecule has 0 saturated carbocycles. The molecule has 0 unspecified atom stereocenters. The van der Waals surface area contributed by atoms with Gasteiger partial charge in [0.2, 0.25) is 0 Å². The summed E-state index contributed by atoms with van der Waals surface area (Å²) in [4.78, 5) is 12.1. The molecule has 34 heavy (non-hydrogen) atoms. The first-order valence-electron chi connectivity index (χ1n) is 11.7. The third-order valence-electron chi connectivity index (χ3n) is 6.19. The van der Waals surface area contributed by atoms with E-state index >= 15 is 0 Å². The van der Waals surface area contributed by atoms with E-state index in [0.717, 1.165) is 56.8 Å². The van der Waals surface area contributed by atoms with Crippen molar-refractivity contribution in [3.63, 3.8) is 0 Å². The number of rotatable bonds is 4. The van der Waals surface area contributed by atoms with Gasteiger partial charge in [-0.3, -0.25) is 4.79 Å². The number of nitrogens with two attached hydrogens (primary N) is 1. The van der Waals surface area contributed by atoms with Crippen LogP contribution >= 0.6 is 0 Å². The van der Waals surface area contributed by atoms with E-state index in [0.29, 0.717) is 13.0 Å². The minimum Gasteiger partial charge on any atom is -0.489 e. The summed E-state index contributed by atoms with van der Waals surface area (Å²) in [6.45, 7) is 6.77. The highest BCUT2D eigenvalue weighted by Gasteiger charge is 2.25. The maximum absolute atomic E-state index is 12.1. The molecular formula is C31H31NO2. The zero-order chi connectivity index (χ0) is 24.1. The lowest BCUT2D eigenvalue weighted by atomic mass is 9.89. The number of anilines is 1. The van der Waals surface area contributed by atoms with E-state index in [1.54, 1.807) is 0 Å². The predicted molar refractivity (Wildman–Crippen MR) is 140 cm³/mol. The molecule has 172 valence electrons. The molecule has 0 saturated heterocycles. The second kappa shape index (κ2) is 10.4. The van der Waals surface area contributed by atoms with Crippen LogP contribution in [0.1, 0.15) is 44.6 Å². The van der Waals surface area contributed by atoms with Crippen LogP contribution in [0.5, 0.6) is 5.75 Å². The average molecular weight is 450 g/mol. The molecule has 4 aromatic rings. The molecule has 2 N–H and O–H groups in total. The van der Waals surface area contributed by atoms with Gasteiger partial charge in [-0.05, 0) is 79.3 Å². The molecule has 3 nitrogen and oxygen atoms in total. The Labute approximate surface area is 202 Å². The maximum atomic E-state index is 12.1. The molecule has 1 aliphatic rings. The minimum absolute atomic E-state index is 0.212. The van der Waals surface area contributed by atoms with Gasteiger partial charge in [0.1, 0.15) is 12.4 Å². The second-order valence-corrected chi connectivity index (χ2v) is 8.84. The molecule has 4 aromatic carbocycles. The standard InChI is InChI=1S/C24H23NO2.C7H8/c1-15-12-18(27-14-17-6-4-3-5-7-17)13-16(2)23(15)24-20-9-11-22(26)19(20)8-10-21(24)25;1-7-5-3-2-4-6-7/h3-8,10,12-13H,9,11,14,25H2,1-2H3;2-6H,1H3. The molecular weight excluding hydrogens is 418 g/mol. The first kappa shape index (κ1) is 23.3. The molecule has 0 atom stereocenters. The summed E-state index contributed by atoms with van der Waals surface area (Å²) in [7, 11) is 0. The number of hydrogen-bond donors (Lipinski definition) is 1. The topological polar surface area (TPSA) is 52.3 Å². The van der Waals surface area contributed by atoms with E-state index < -0.39 is 0 Å². The average Bonchev–Trinajstić information content (AvgIpc) is 3.21. The fourth-order valence-electron chi connectivity index (χ4n) is 4.53. The van der Waals surface area contributed by atoms with Crippen LogP contribution in [0.25, 0.3) is 11.1 Å². The molecule has 1 aliphatic carbocycles. The van der Waals surface area contributed by atoms with Crippen molar-refractivity contribution in [2.24, 2.45) is 0 Å². The van der Waals surface area contributed by atoms with E-state index in [-0.39, 0.29) is 5.78 Å². The number of benzene rings is 4. The molecule has 0 bridgehead atoms. The maximum Gasteiger partial charge on any atom is 0.163 e. The van der Waals surface area contributed by atoms with Gasteiger partial charge >= 0.3 is 0 Å². The minimum atomic E-state index is 0.212. The third kappa shape index (κ3) is 5.20. The molecule has 0 amide bonds. The van der Waals surface area contributed by atoms with Crippen molar-refractivity contribution < 1.29 is 9.53 Å². The van der Waals surface area contributed by atoms with Gasteiger partial charge in [0.05, 0.1) is 0 Å². The fourth-order valence-corrected chi connectivity index (χ4v) is 4.53. The van der Waals surface area contributed by atoms with Crippen molar-refractivity contribution in [3.8, 4) is 16.9 Å². The number of hydrogen-bond acceptors (Lipinski definition) is 3. The van der Waals surface area contributed by atoms with Gasteiger partial charge in [0.15, 0.2) is 5.78 Å². The molecule has 0 aromatic heterocycles. The number of ether oxygens (including phenoxy) is 1. The Morgan fingerprint density at radius 3 is 1.97 bits per heavy atom. The van der Waals surface area contributed by atoms with Crippen LogP contribution in [0.2, 0.25) is 0 Å². The zero-order valence-corrected chi connectivity index (χ0v) is 20.1. The van der Waals surface area contributed by atoms with Crippen molar-refractivity contribution >= 4 is 11.5 Å². The summed E-state index contributed by atoms with van der Waals surface area (Å²) in [5, 5.41) is 0. The monoisotopic (exact) mass is 449 g/mol. The lowest BCUT2D eigenvalue weighted by Crippen LogP contribution is -2.02. The third-order valence-corrected chi connectivity index (χ3v) is 6.19. The predicted octanol–water partition coefficient (Wildman–Crippen LogP) is 7.26. The summed E-state index contributed by atoms with van der Waals surface area (Å²) < 4.78 is 6.00. The van der Waals surface area contributed by atoms with E-state index in [1.165, 1.54) is 5.56 Å². The van der Waals surface area contributed by atoms with Gasteiger partial charge in [0, 0.05) is 23.2 Å². The van der Waals surface area contributed by atoms with Crippen LogP contribution in [0.4, 0.5) is 5.69 Å². The summed E-state index contributed by atoms with van der Waals surface area (Å²) in [6.07, 6.45) is 1.34. The Morgan fingerprint density at radius 2 is 1.38 bits per heavy atom. The number of nitrogen functional groups attached to an aromatic ring is 1. The molecule has 0 heterocycles. The van der Waals surface area contributed by atoms with E-state index in [2.05, 4.69) is 57.2 Å². The quantitative estimate of drug-likeness (QED) is 0.334. The van der Waals surface area contributed by atoms with E-state index in [4.69, 9.17) is 10.5 Å². The number of fused-ring (bicyclic) bond motifs is 1. The summed E-state index contributed by atoms with van der Waals surface area (Å²) >= 11 is 0. The highest BCUT2D eigenvalue weighted by molar-refractivity contribution is 6.04. The van der Waals surface area contributed by atoms with Crippen LogP contribution in [-0.4, -0.2) is 5.78 Å². The summed E-state index contributed by atoms with van der Waals surface area (Å²) in [5.41, 5.74) is 15.8. The Hall–Kier alpha value is -3.85. The first-order valence-corrected chi connectivity index (χ1v) is 11.7. The lowest BCUT2D eigenvalue weighted by molar-refractivity contribution is 0.0994. The summed E-state index contributed by atoms with van der Waals surface area (Å²) in [6, 6.07) is 28.2. The Bertz CT molecular complexity index is 1270. The number of carbonyl (C=O) groups excluding carboxylic acids is 1. The largest absolute Gasteiger partial charge is 0.489 e. The molecule has 0 aliphatic heterocycles. The normalized spacial score (nSPS) is 12.0. The van der Waals surface area contributed by atoms with Crippen LogP contribution in [0, 0.1) is 20.8 Å². The number of aryl methyl sites for hydroxylation is 3. The van der Waals surface area contributed by atoms with Crippen LogP contribution in [0.15, 0.2) is 84.9 Å². The number of Topliss-reactive ketones (excluding diaryl/α,β-unsaturated/α-hetero) is 1. The van der Waals surface area contributed by atoms with Crippen molar-refractivity contribution in [3.05, 3.63) is 118 Å². The van der Waals surface area contributed by atoms with Gasteiger partial charge in [-0.15, -0.1) is 0 Å².